The van der Waals surface area contributed by atoms with Crippen LogP contribution >= 0.6 is 11.3 Å². The van der Waals surface area contributed by atoms with Gasteiger partial charge in [0.15, 0.2) is 0 Å². The van der Waals surface area contributed by atoms with Crippen LogP contribution in [0.4, 0.5) is 5.69 Å². The zero-order chi connectivity index (χ0) is 19.4. The highest BCUT2D eigenvalue weighted by atomic mass is 32.1. The lowest BCUT2D eigenvalue weighted by molar-refractivity contribution is -0.385. The summed E-state index contributed by atoms with van der Waals surface area (Å²) < 4.78 is 0. The van der Waals surface area contributed by atoms with E-state index in [1.807, 2.05) is 42.5 Å². The number of nitrogens with one attached hydrogen (secondary N) is 1. The summed E-state index contributed by atoms with van der Waals surface area (Å²) >= 11 is 1.41. The minimum absolute atomic E-state index is 0.0768. The van der Waals surface area contributed by atoms with E-state index in [2.05, 4.69) is 5.32 Å². The number of aliphatic hydroxyl groups is 1. The minimum atomic E-state index is -0.708. The molecule has 0 aliphatic rings. The SMILES string of the molecule is Cc1ccc(C(=O)NCc2ccc(C(O)c3ccccc3)s2)cc1[N+](=O)[O-]. The summed E-state index contributed by atoms with van der Waals surface area (Å²) in [6.07, 6.45) is -0.708. The maximum atomic E-state index is 12.3. The fraction of sp³-hybridized carbons (Fsp3) is 0.150. The third-order valence-electron chi connectivity index (χ3n) is 4.16. The van der Waals surface area contributed by atoms with E-state index in [1.54, 1.807) is 19.1 Å². The average Bonchev–Trinajstić information content (AvgIpc) is 3.15. The summed E-state index contributed by atoms with van der Waals surface area (Å²) in [6, 6.07) is 17.4. The van der Waals surface area contributed by atoms with Gasteiger partial charge in [-0.1, -0.05) is 36.4 Å². The summed E-state index contributed by atoms with van der Waals surface area (Å²) in [5.41, 5.74) is 1.48. The van der Waals surface area contributed by atoms with Crippen molar-refractivity contribution in [2.24, 2.45) is 0 Å². The molecule has 3 aromatic rings. The molecule has 27 heavy (non-hydrogen) atoms. The summed E-state index contributed by atoms with van der Waals surface area (Å²) in [4.78, 5) is 24.5. The predicted molar refractivity (Wildman–Crippen MR) is 104 cm³/mol. The van der Waals surface area contributed by atoms with Crippen LogP contribution in [0.1, 0.15) is 37.3 Å². The van der Waals surface area contributed by atoms with Crippen LogP contribution in [-0.2, 0) is 6.54 Å². The van der Waals surface area contributed by atoms with Crippen LogP contribution in [0.5, 0.6) is 0 Å². The number of amides is 1. The molecule has 1 amide bonds. The second-order valence-corrected chi connectivity index (χ2v) is 7.26. The van der Waals surface area contributed by atoms with Crippen molar-refractivity contribution in [3.05, 3.63) is 97.2 Å². The van der Waals surface area contributed by atoms with Crippen molar-refractivity contribution >= 4 is 22.9 Å². The van der Waals surface area contributed by atoms with E-state index in [4.69, 9.17) is 0 Å². The van der Waals surface area contributed by atoms with Crippen LogP contribution < -0.4 is 5.32 Å². The molecule has 7 heteroatoms. The molecule has 0 fully saturated rings. The van der Waals surface area contributed by atoms with Crippen molar-refractivity contribution in [1.82, 2.24) is 5.32 Å². The topological polar surface area (TPSA) is 92.5 Å². The predicted octanol–water partition coefficient (Wildman–Crippen LogP) is 3.98. The van der Waals surface area contributed by atoms with Crippen LogP contribution in [0.3, 0.4) is 0 Å². The molecule has 0 aliphatic heterocycles. The molecule has 0 saturated carbocycles. The lowest BCUT2D eigenvalue weighted by Crippen LogP contribution is -2.22. The Morgan fingerprint density at radius 1 is 1.19 bits per heavy atom. The first kappa shape index (κ1) is 18.8. The van der Waals surface area contributed by atoms with Crippen molar-refractivity contribution < 1.29 is 14.8 Å². The number of rotatable bonds is 6. The summed E-state index contributed by atoms with van der Waals surface area (Å²) in [6.45, 7) is 1.91. The molecule has 138 valence electrons. The summed E-state index contributed by atoms with van der Waals surface area (Å²) in [7, 11) is 0. The van der Waals surface area contributed by atoms with Gasteiger partial charge in [-0.3, -0.25) is 14.9 Å². The number of aliphatic hydroxyl groups excluding tert-OH is 1. The highest BCUT2D eigenvalue weighted by Crippen LogP contribution is 2.28. The Morgan fingerprint density at radius 2 is 1.93 bits per heavy atom. The zero-order valence-electron chi connectivity index (χ0n) is 14.6. The number of hydrogen-bond acceptors (Lipinski definition) is 5. The standard InChI is InChI=1S/C20H18N2O4S/c1-13-7-8-15(11-17(13)22(25)26)20(24)21-12-16-9-10-18(27-16)19(23)14-5-3-2-4-6-14/h2-11,19,23H,12H2,1H3,(H,21,24). The molecule has 0 bridgehead atoms. The highest BCUT2D eigenvalue weighted by molar-refractivity contribution is 7.12. The largest absolute Gasteiger partial charge is 0.383 e. The Balaban J connectivity index is 1.66. The molecule has 0 aliphatic carbocycles. The van der Waals surface area contributed by atoms with Crippen molar-refractivity contribution in [2.45, 2.75) is 19.6 Å². The van der Waals surface area contributed by atoms with Crippen molar-refractivity contribution in [1.29, 1.82) is 0 Å². The van der Waals surface area contributed by atoms with Crippen molar-refractivity contribution in [2.75, 3.05) is 0 Å². The molecule has 1 unspecified atom stereocenters. The molecule has 1 heterocycles. The Hall–Kier alpha value is -3.03. The van der Waals surface area contributed by atoms with Gasteiger partial charge in [0.05, 0.1) is 11.5 Å². The fourth-order valence-electron chi connectivity index (χ4n) is 2.65. The van der Waals surface area contributed by atoms with Gasteiger partial charge in [-0.2, -0.15) is 0 Å². The lowest BCUT2D eigenvalue weighted by Gasteiger charge is -2.08. The second kappa shape index (κ2) is 8.11. The number of carbonyl (C=O) groups excluding carboxylic acids is 1. The smallest absolute Gasteiger partial charge is 0.273 e. The van der Waals surface area contributed by atoms with Gasteiger partial charge in [0.2, 0.25) is 0 Å². The van der Waals surface area contributed by atoms with E-state index in [-0.39, 0.29) is 23.7 Å². The van der Waals surface area contributed by atoms with E-state index < -0.39 is 11.0 Å². The molecule has 6 nitrogen and oxygen atoms in total. The maximum absolute atomic E-state index is 12.3. The van der Waals surface area contributed by atoms with Gasteiger partial charge in [-0.05, 0) is 30.7 Å². The number of benzene rings is 2. The monoisotopic (exact) mass is 382 g/mol. The van der Waals surface area contributed by atoms with Crippen LogP contribution in [0.15, 0.2) is 60.7 Å². The number of thiophene rings is 1. The first-order valence-corrected chi connectivity index (χ1v) is 9.12. The van der Waals surface area contributed by atoms with Gasteiger partial charge in [0.1, 0.15) is 6.10 Å². The van der Waals surface area contributed by atoms with Gasteiger partial charge >= 0.3 is 0 Å². The minimum Gasteiger partial charge on any atom is -0.383 e. The van der Waals surface area contributed by atoms with E-state index in [9.17, 15) is 20.0 Å². The average molecular weight is 382 g/mol. The number of aryl methyl sites for hydroxylation is 1. The molecule has 2 aromatic carbocycles. The van der Waals surface area contributed by atoms with Gasteiger partial charge in [0.25, 0.3) is 11.6 Å². The number of hydrogen-bond donors (Lipinski definition) is 2. The third kappa shape index (κ3) is 4.39. The first-order valence-electron chi connectivity index (χ1n) is 8.30. The quantitative estimate of drug-likeness (QED) is 0.498. The van der Waals surface area contributed by atoms with Crippen molar-refractivity contribution in [3.8, 4) is 0 Å². The van der Waals surface area contributed by atoms with E-state index in [1.165, 1.54) is 17.4 Å². The molecule has 1 atom stereocenters. The molecule has 0 radical (unpaired) electrons. The van der Waals surface area contributed by atoms with Gasteiger partial charge in [0, 0.05) is 26.9 Å². The van der Waals surface area contributed by atoms with Crippen molar-refractivity contribution in [3.63, 3.8) is 0 Å². The Bertz CT molecular complexity index is 969. The lowest BCUT2D eigenvalue weighted by atomic mass is 10.1. The summed E-state index contributed by atoms with van der Waals surface area (Å²) in [5.74, 6) is -0.378. The van der Waals surface area contributed by atoms with E-state index in [0.29, 0.717) is 5.56 Å². The van der Waals surface area contributed by atoms with Crippen LogP contribution in [0.25, 0.3) is 0 Å². The summed E-state index contributed by atoms with van der Waals surface area (Å²) in [5, 5.41) is 24.2. The van der Waals surface area contributed by atoms with Gasteiger partial charge in [-0.25, -0.2) is 0 Å². The molecule has 2 N–H and O–H groups in total. The first-order chi connectivity index (χ1) is 13.0. The van der Waals surface area contributed by atoms with E-state index in [0.717, 1.165) is 15.3 Å². The normalized spacial score (nSPS) is 11.8. The number of nitro benzene ring substituents is 1. The number of carbonyl (C=O) groups is 1. The maximum Gasteiger partial charge on any atom is 0.273 e. The highest BCUT2D eigenvalue weighted by Gasteiger charge is 2.16. The zero-order valence-corrected chi connectivity index (χ0v) is 15.4. The van der Waals surface area contributed by atoms with Crippen LogP contribution in [0, 0.1) is 17.0 Å². The molecule has 0 saturated heterocycles. The second-order valence-electron chi connectivity index (χ2n) is 6.06. The third-order valence-corrected chi connectivity index (χ3v) is 5.30. The van der Waals surface area contributed by atoms with Crippen LogP contribution in [-0.4, -0.2) is 15.9 Å². The van der Waals surface area contributed by atoms with Crippen LogP contribution in [0.2, 0.25) is 0 Å². The number of nitro groups is 1. The molecule has 3 rings (SSSR count). The Kier molecular flexibility index (Phi) is 5.63. The number of nitrogens with zero attached hydrogens (tertiary/aromatic N) is 1. The molecule has 1 aromatic heterocycles. The molecule has 0 spiro atoms. The van der Waals surface area contributed by atoms with E-state index >= 15 is 0 Å². The Morgan fingerprint density at radius 3 is 2.63 bits per heavy atom. The molecular weight excluding hydrogens is 364 g/mol. The van der Waals surface area contributed by atoms with Gasteiger partial charge < -0.3 is 10.4 Å². The Labute approximate surface area is 160 Å². The molecular formula is C20H18N2O4S. The van der Waals surface area contributed by atoms with Gasteiger partial charge in [-0.15, -0.1) is 11.3 Å². The fourth-order valence-corrected chi connectivity index (χ4v) is 3.62.